The van der Waals surface area contributed by atoms with Gasteiger partial charge in [-0.3, -0.25) is 0 Å². The van der Waals surface area contributed by atoms with Crippen molar-refractivity contribution in [3.63, 3.8) is 0 Å². The number of fused-ring (bicyclic) bond motifs is 3. The highest BCUT2D eigenvalue weighted by Crippen LogP contribution is 2.51. The van der Waals surface area contributed by atoms with E-state index in [9.17, 15) is 5.26 Å². The summed E-state index contributed by atoms with van der Waals surface area (Å²) in [6.07, 6.45) is 4.37. The Kier molecular flexibility index (Phi) is 9.11. The molecule has 55 heavy (non-hydrogen) atoms. The molecule has 1 aliphatic carbocycles. The Morgan fingerprint density at radius 2 is 0.909 bits per heavy atom. The van der Waals surface area contributed by atoms with Gasteiger partial charge in [-0.15, -0.1) is 0 Å². The van der Waals surface area contributed by atoms with Crippen LogP contribution in [0.1, 0.15) is 52.8 Å². The number of nitriles is 1. The van der Waals surface area contributed by atoms with Gasteiger partial charge in [-0.1, -0.05) is 110 Å². The van der Waals surface area contributed by atoms with E-state index in [-0.39, 0.29) is 5.41 Å². The first-order valence-electron chi connectivity index (χ1n) is 18.5. The first-order chi connectivity index (χ1) is 26.7. The third-order valence-corrected chi connectivity index (χ3v) is 10.6. The molecule has 0 heterocycles. The quantitative estimate of drug-likeness (QED) is 0.116. The molecule has 0 unspecified atom stereocenters. The molecule has 8 rings (SSSR count). The van der Waals surface area contributed by atoms with E-state index in [2.05, 4.69) is 170 Å². The molecule has 0 bridgehead atoms. The summed E-state index contributed by atoms with van der Waals surface area (Å²) < 4.78 is 0. The van der Waals surface area contributed by atoms with Gasteiger partial charge in [0, 0.05) is 39.5 Å². The molecule has 0 saturated heterocycles. The van der Waals surface area contributed by atoms with Gasteiger partial charge in [0.15, 0.2) is 5.69 Å². The fraction of sp³-hybridized carbons (Fsp3) is 0.0980. The van der Waals surface area contributed by atoms with Crippen LogP contribution in [0.2, 0.25) is 0 Å². The molecular formula is C51H40N4. The van der Waals surface area contributed by atoms with Crippen molar-refractivity contribution in [1.82, 2.24) is 0 Å². The molecule has 0 N–H and O–H groups in total. The van der Waals surface area contributed by atoms with Gasteiger partial charge >= 0.3 is 0 Å². The molecule has 0 spiro atoms. The summed E-state index contributed by atoms with van der Waals surface area (Å²) in [6.45, 7) is 16.3. The van der Waals surface area contributed by atoms with Gasteiger partial charge < -0.3 is 9.80 Å². The molecule has 0 radical (unpaired) electrons. The van der Waals surface area contributed by atoms with Gasteiger partial charge in [-0.05, 0) is 132 Å². The number of benzene rings is 7. The van der Waals surface area contributed by atoms with Crippen LogP contribution < -0.4 is 9.80 Å². The molecule has 0 aliphatic heterocycles. The predicted molar refractivity (Wildman–Crippen MR) is 229 cm³/mol. The minimum absolute atomic E-state index is 0.204. The lowest BCUT2D eigenvalue weighted by molar-refractivity contribution is 0.660. The Morgan fingerprint density at radius 1 is 0.509 bits per heavy atom. The van der Waals surface area contributed by atoms with Crippen LogP contribution in [0.5, 0.6) is 0 Å². The smallest absolute Gasteiger partial charge is 0.187 e. The van der Waals surface area contributed by atoms with Gasteiger partial charge in [0.2, 0.25) is 0 Å². The van der Waals surface area contributed by atoms with Crippen molar-refractivity contribution >= 4 is 52.0 Å². The SMILES string of the molecule is [C-]#[N+]c1ccc(N(c2ccc(C)cc2)c2ccc3c(c2)C(C)(C)c2cc(/C=C/c4ccc(N(c5ccc(C)cc5)c5ccc(C#N)cc5)cc4)ccc2-3)cc1. The van der Waals surface area contributed by atoms with Crippen LogP contribution in [-0.2, 0) is 5.41 Å². The second-order valence-corrected chi connectivity index (χ2v) is 14.7. The lowest BCUT2D eigenvalue weighted by atomic mass is 9.81. The van der Waals surface area contributed by atoms with Crippen molar-refractivity contribution in [1.29, 1.82) is 5.26 Å². The van der Waals surface area contributed by atoms with Crippen LogP contribution in [0.25, 0.3) is 28.1 Å². The zero-order chi connectivity index (χ0) is 38.1. The second kappa shape index (κ2) is 14.4. The summed E-state index contributed by atoms with van der Waals surface area (Å²) >= 11 is 0. The van der Waals surface area contributed by atoms with Crippen molar-refractivity contribution in [3.8, 4) is 17.2 Å². The minimum atomic E-state index is -0.204. The van der Waals surface area contributed by atoms with Crippen LogP contribution in [0, 0.1) is 31.8 Å². The number of nitrogens with zero attached hydrogens (tertiary/aromatic N) is 4. The molecular weight excluding hydrogens is 669 g/mol. The summed E-state index contributed by atoms with van der Waals surface area (Å²) in [5.41, 5.74) is 17.2. The van der Waals surface area contributed by atoms with Crippen molar-refractivity contribution in [2.75, 3.05) is 9.80 Å². The average molecular weight is 709 g/mol. The van der Waals surface area contributed by atoms with Gasteiger partial charge in [-0.2, -0.15) is 5.26 Å². The Bertz CT molecular complexity index is 2620. The standard InChI is InChI=1S/C51H40N4/c1-35-6-19-41(20-7-35)54(44-25-14-39(34-52)15-26-44)43-23-12-37(13-24-43)10-11-38-16-30-47-48-31-29-46(33-50(48)51(3,4)49(47)32-38)55(42-21-8-36(2)9-22-42)45-27-17-40(53-5)18-28-45/h6-33H,1-4H3/b11-10+. The molecule has 1 aliphatic rings. The molecule has 0 atom stereocenters. The highest BCUT2D eigenvalue weighted by Gasteiger charge is 2.36. The molecule has 0 fully saturated rings. The summed E-state index contributed by atoms with van der Waals surface area (Å²) in [5.74, 6) is 0. The topological polar surface area (TPSA) is 34.6 Å². The first kappa shape index (κ1) is 34.9. The van der Waals surface area contributed by atoms with Gasteiger partial charge in [0.25, 0.3) is 0 Å². The molecule has 7 aromatic rings. The maximum absolute atomic E-state index is 9.35. The number of hydrogen-bond acceptors (Lipinski definition) is 3. The average Bonchev–Trinajstić information content (AvgIpc) is 3.44. The fourth-order valence-electron chi connectivity index (χ4n) is 7.56. The van der Waals surface area contributed by atoms with E-state index < -0.39 is 0 Å². The summed E-state index contributed by atoms with van der Waals surface area (Å²) in [6, 6.07) is 57.1. The van der Waals surface area contributed by atoms with E-state index in [1.807, 2.05) is 48.5 Å². The fourth-order valence-corrected chi connectivity index (χ4v) is 7.56. The van der Waals surface area contributed by atoms with Gasteiger partial charge in [0.05, 0.1) is 18.2 Å². The minimum Gasteiger partial charge on any atom is -0.311 e. The number of anilines is 6. The first-order valence-corrected chi connectivity index (χ1v) is 18.5. The van der Waals surface area contributed by atoms with Gasteiger partial charge in [0.1, 0.15) is 0 Å². The molecule has 7 aromatic carbocycles. The van der Waals surface area contributed by atoms with Crippen molar-refractivity contribution in [2.45, 2.75) is 33.1 Å². The van der Waals surface area contributed by atoms with E-state index in [1.54, 1.807) is 0 Å². The summed E-state index contributed by atoms with van der Waals surface area (Å²) in [5, 5.41) is 9.35. The van der Waals surface area contributed by atoms with E-state index in [0.29, 0.717) is 11.3 Å². The van der Waals surface area contributed by atoms with Crippen molar-refractivity contribution < 1.29 is 0 Å². The maximum atomic E-state index is 9.35. The highest BCUT2D eigenvalue weighted by atomic mass is 15.1. The molecule has 264 valence electrons. The number of hydrogen-bond donors (Lipinski definition) is 0. The zero-order valence-corrected chi connectivity index (χ0v) is 31.5. The van der Waals surface area contributed by atoms with Crippen LogP contribution in [0.3, 0.4) is 0 Å². The van der Waals surface area contributed by atoms with E-state index in [4.69, 9.17) is 6.57 Å². The molecule has 0 aromatic heterocycles. The largest absolute Gasteiger partial charge is 0.311 e. The Hall–Kier alpha value is -7.14. The Balaban J connectivity index is 1.07. The van der Waals surface area contributed by atoms with E-state index in [0.717, 1.165) is 45.3 Å². The van der Waals surface area contributed by atoms with E-state index >= 15 is 0 Å². The molecule has 4 heteroatoms. The normalized spacial score (nSPS) is 12.4. The third-order valence-electron chi connectivity index (χ3n) is 10.6. The van der Waals surface area contributed by atoms with Gasteiger partial charge in [-0.25, -0.2) is 4.85 Å². The summed E-state index contributed by atoms with van der Waals surface area (Å²) in [4.78, 5) is 8.10. The van der Waals surface area contributed by atoms with Crippen LogP contribution in [0.15, 0.2) is 158 Å². The number of aryl methyl sites for hydroxylation is 2. The molecule has 0 saturated carbocycles. The highest BCUT2D eigenvalue weighted by molar-refractivity contribution is 5.87. The third kappa shape index (κ3) is 6.79. The molecule has 0 amide bonds. The number of rotatable bonds is 8. The van der Waals surface area contributed by atoms with Crippen LogP contribution in [0.4, 0.5) is 39.8 Å². The lowest BCUT2D eigenvalue weighted by Gasteiger charge is -2.28. The Morgan fingerprint density at radius 3 is 1.44 bits per heavy atom. The predicted octanol–water partition coefficient (Wildman–Crippen LogP) is 14.1. The van der Waals surface area contributed by atoms with Crippen molar-refractivity contribution in [3.05, 3.63) is 208 Å². The zero-order valence-electron chi connectivity index (χ0n) is 31.5. The van der Waals surface area contributed by atoms with Crippen LogP contribution in [-0.4, -0.2) is 0 Å². The maximum Gasteiger partial charge on any atom is 0.187 e. The molecule has 4 nitrogen and oxygen atoms in total. The van der Waals surface area contributed by atoms with Crippen LogP contribution >= 0.6 is 0 Å². The second-order valence-electron chi connectivity index (χ2n) is 14.7. The summed E-state index contributed by atoms with van der Waals surface area (Å²) in [7, 11) is 0. The van der Waals surface area contributed by atoms with E-state index in [1.165, 1.54) is 33.4 Å². The lowest BCUT2D eigenvalue weighted by Crippen LogP contribution is -2.16. The van der Waals surface area contributed by atoms with Crippen molar-refractivity contribution in [2.24, 2.45) is 0 Å². The Labute approximate surface area is 324 Å². The monoisotopic (exact) mass is 708 g/mol.